The Morgan fingerprint density at radius 3 is 2.79 bits per heavy atom. The van der Waals surface area contributed by atoms with Crippen molar-refractivity contribution in [2.24, 2.45) is 0 Å². The summed E-state index contributed by atoms with van der Waals surface area (Å²) in [6.07, 6.45) is 0. The molecule has 0 N–H and O–H groups in total. The molecule has 0 fully saturated rings. The molecule has 1 aromatic heterocycles. The Bertz CT molecular complexity index is 749. The van der Waals surface area contributed by atoms with Crippen LogP contribution in [0.2, 0.25) is 0 Å². The molecule has 0 spiro atoms. The van der Waals surface area contributed by atoms with Crippen LogP contribution in [0.4, 0.5) is 0 Å². The van der Waals surface area contributed by atoms with Crippen molar-refractivity contribution in [2.45, 2.75) is 12.8 Å². The lowest BCUT2D eigenvalue weighted by Gasteiger charge is -2.11. The van der Waals surface area contributed by atoms with Gasteiger partial charge in [-0.1, -0.05) is 18.2 Å². The van der Waals surface area contributed by atoms with Gasteiger partial charge in [0.15, 0.2) is 0 Å². The molecule has 0 radical (unpaired) electrons. The number of nitrogens with zero attached hydrogens (tertiary/aromatic N) is 2. The highest BCUT2D eigenvalue weighted by molar-refractivity contribution is 9.10. The largest absolute Gasteiger partial charge is 0.294 e. The number of fused-ring (bicyclic) bond motifs is 1. The zero-order chi connectivity index (χ0) is 13.4. The summed E-state index contributed by atoms with van der Waals surface area (Å²) in [5, 5.41) is 0. The molecule has 0 amide bonds. The highest BCUT2D eigenvalue weighted by Crippen LogP contribution is 2.28. The number of para-hydroxylation sites is 2. The number of aromatic nitrogens is 2. The van der Waals surface area contributed by atoms with Gasteiger partial charge in [0, 0.05) is 4.47 Å². The van der Waals surface area contributed by atoms with Gasteiger partial charge in [0.1, 0.15) is 5.82 Å². The second-order valence-electron chi connectivity index (χ2n) is 4.44. The molecule has 1 heterocycles. The maximum Gasteiger partial charge on any atom is 0.129 e. The van der Waals surface area contributed by atoms with Gasteiger partial charge in [-0.05, 0) is 52.7 Å². The Morgan fingerprint density at radius 2 is 2.00 bits per heavy atom. The highest BCUT2D eigenvalue weighted by atomic mass is 79.9. The maximum absolute atomic E-state index is 6.05. The first-order chi connectivity index (χ1) is 9.20. The van der Waals surface area contributed by atoms with Gasteiger partial charge in [-0.15, -0.1) is 11.6 Å². The minimum Gasteiger partial charge on any atom is -0.294 e. The first-order valence-electron chi connectivity index (χ1n) is 5.99. The number of aryl methyl sites for hydroxylation is 1. The molecule has 4 heteroatoms. The van der Waals surface area contributed by atoms with E-state index in [0.29, 0.717) is 5.88 Å². The van der Waals surface area contributed by atoms with Crippen molar-refractivity contribution in [3.05, 3.63) is 58.3 Å². The van der Waals surface area contributed by atoms with Crippen molar-refractivity contribution in [1.29, 1.82) is 0 Å². The first-order valence-corrected chi connectivity index (χ1v) is 7.32. The molecular formula is C15H12BrClN2. The normalized spacial score (nSPS) is 11.1. The van der Waals surface area contributed by atoms with Gasteiger partial charge in [0.25, 0.3) is 0 Å². The zero-order valence-corrected chi connectivity index (χ0v) is 12.7. The van der Waals surface area contributed by atoms with Crippen molar-refractivity contribution >= 4 is 38.6 Å². The molecule has 0 saturated heterocycles. The number of imidazole rings is 1. The quantitative estimate of drug-likeness (QED) is 0.613. The van der Waals surface area contributed by atoms with E-state index in [2.05, 4.69) is 56.7 Å². The average molecular weight is 336 g/mol. The van der Waals surface area contributed by atoms with E-state index < -0.39 is 0 Å². The van der Waals surface area contributed by atoms with Gasteiger partial charge >= 0.3 is 0 Å². The third-order valence-electron chi connectivity index (χ3n) is 3.09. The van der Waals surface area contributed by atoms with Crippen LogP contribution in [0.15, 0.2) is 46.9 Å². The number of rotatable bonds is 2. The minimum absolute atomic E-state index is 0.384. The lowest BCUT2D eigenvalue weighted by Crippen LogP contribution is -2.00. The maximum atomic E-state index is 6.05. The third kappa shape index (κ3) is 2.17. The number of hydrogen-bond donors (Lipinski definition) is 0. The van der Waals surface area contributed by atoms with Crippen LogP contribution in [0.1, 0.15) is 11.4 Å². The highest BCUT2D eigenvalue weighted by Gasteiger charge is 2.13. The molecule has 0 aliphatic heterocycles. The fourth-order valence-electron chi connectivity index (χ4n) is 2.23. The molecule has 0 atom stereocenters. The van der Waals surface area contributed by atoms with Crippen molar-refractivity contribution < 1.29 is 0 Å². The monoisotopic (exact) mass is 334 g/mol. The Kier molecular flexibility index (Phi) is 3.33. The summed E-state index contributed by atoms with van der Waals surface area (Å²) >= 11 is 9.66. The second-order valence-corrected chi connectivity index (χ2v) is 5.56. The lowest BCUT2D eigenvalue weighted by molar-refractivity contribution is 0.975. The topological polar surface area (TPSA) is 17.8 Å². The second kappa shape index (κ2) is 4.99. The molecule has 0 aliphatic rings. The van der Waals surface area contributed by atoms with Gasteiger partial charge < -0.3 is 0 Å². The molecule has 3 aromatic rings. The fourth-order valence-corrected chi connectivity index (χ4v) is 2.83. The average Bonchev–Trinajstić information content (AvgIpc) is 2.80. The lowest BCUT2D eigenvalue weighted by atomic mass is 10.2. The van der Waals surface area contributed by atoms with E-state index in [1.807, 2.05) is 18.2 Å². The van der Waals surface area contributed by atoms with Crippen LogP contribution < -0.4 is 0 Å². The van der Waals surface area contributed by atoms with Crippen LogP contribution in [0.5, 0.6) is 0 Å². The molecule has 0 saturated carbocycles. The van der Waals surface area contributed by atoms with Crippen LogP contribution in [-0.4, -0.2) is 9.55 Å². The van der Waals surface area contributed by atoms with Crippen LogP contribution in [0.3, 0.4) is 0 Å². The summed E-state index contributed by atoms with van der Waals surface area (Å²) < 4.78 is 3.15. The molecule has 96 valence electrons. The van der Waals surface area contributed by atoms with Crippen LogP contribution >= 0.6 is 27.5 Å². The fraction of sp³-hybridized carbons (Fsp3) is 0.133. The summed E-state index contributed by atoms with van der Waals surface area (Å²) in [4.78, 5) is 4.59. The van der Waals surface area contributed by atoms with E-state index in [4.69, 9.17) is 11.6 Å². The van der Waals surface area contributed by atoms with Crippen LogP contribution in [-0.2, 0) is 5.88 Å². The SMILES string of the molecule is Cc1ccc(Br)c(-n2c(CCl)nc3ccccc32)c1. The summed E-state index contributed by atoms with van der Waals surface area (Å²) in [7, 11) is 0. The smallest absolute Gasteiger partial charge is 0.129 e. The number of hydrogen-bond acceptors (Lipinski definition) is 1. The third-order valence-corrected chi connectivity index (χ3v) is 4.00. The molecule has 2 aromatic carbocycles. The van der Waals surface area contributed by atoms with Gasteiger partial charge in [0.05, 0.1) is 22.6 Å². The standard InChI is InChI=1S/C15H12BrClN2/c1-10-6-7-11(16)14(8-10)19-13-5-3-2-4-12(13)18-15(19)9-17/h2-8H,9H2,1H3. The van der Waals surface area contributed by atoms with Crippen molar-refractivity contribution in [3.8, 4) is 5.69 Å². The summed E-state index contributed by atoms with van der Waals surface area (Å²) in [5.41, 5.74) is 4.32. The van der Waals surface area contributed by atoms with E-state index in [1.54, 1.807) is 0 Å². The number of benzene rings is 2. The van der Waals surface area contributed by atoms with E-state index in [-0.39, 0.29) is 0 Å². The van der Waals surface area contributed by atoms with Crippen molar-refractivity contribution in [1.82, 2.24) is 9.55 Å². The number of alkyl halides is 1. The van der Waals surface area contributed by atoms with Crippen LogP contribution in [0.25, 0.3) is 16.7 Å². The van der Waals surface area contributed by atoms with E-state index in [0.717, 1.165) is 27.0 Å². The number of halogens is 2. The van der Waals surface area contributed by atoms with Gasteiger partial charge in [-0.3, -0.25) is 4.57 Å². The molecule has 19 heavy (non-hydrogen) atoms. The van der Waals surface area contributed by atoms with Crippen molar-refractivity contribution in [3.63, 3.8) is 0 Å². The predicted octanol–water partition coefficient (Wildman–Crippen LogP) is 4.84. The zero-order valence-electron chi connectivity index (χ0n) is 10.4. The predicted molar refractivity (Wildman–Crippen MR) is 83.1 cm³/mol. The summed E-state index contributed by atoms with van der Waals surface area (Å²) in [6.45, 7) is 2.08. The Balaban J connectivity index is 2.37. The molecule has 2 nitrogen and oxygen atoms in total. The molecule has 0 bridgehead atoms. The van der Waals surface area contributed by atoms with E-state index in [1.165, 1.54) is 5.56 Å². The Labute approximate surface area is 125 Å². The molecular weight excluding hydrogens is 324 g/mol. The summed E-state index contributed by atoms with van der Waals surface area (Å²) in [6, 6.07) is 14.3. The molecule has 0 aliphatic carbocycles. The first kappa shape index (κ1) is 12.7. The van der Waals surface area contributed by atoms with Gasteiger partial charge in [-0.25, -0.2) is 4.98 Å². The minimum atomic E-state index is 0.384. The van der Waals surface area contributed by atoms with Crippen LogP contribution in [0, 0.1) is 6.92 Å². The van der Waals surface area contributed by atoms with Gasteiger partial charge in [0.2, 0.25) is 0 Å². The Morgan fingerprint density at radius 1 is 1.21 bits per heavy atom. The molecule has 3 rings (SSSR count). The van der Waals surface area contributed by atoms with Gasteiger partial charge in [-0.2, -0.15) is 0 Å². The molecule has 0 unspecified atom stereocenters. The van der Waals surface area contributed by atoms with Crippen molar-refractivity contribution in [2.75, 3.05) is 0 Å². The van der Waals surface area contributed by atoms with E-state index >= 15 is 0 Å². The van der Waals surface area contributed by atoms with E-state index in [9.17, 15) is 0 Å². The summed E-state index contributed by atoms with van der Waals surface area (Å²) in [5.74, 6) is 1.24. The Hall–Kier alpha value is -1.32.